The van der Waals surface area contributed by atoms with Crippen molar-refractivity contribution in [2.24, 2.45) is 0 Å². The molecule has 3 heteroatoms. The zero-order chi connectivity index (χ0) is 12.3. The minimum atomic E-state index is 0.185. The molecule has 1 aliphatic rings. The van der Waals surface area contributed by atoms with Gasteiger partial charge in [-0.1, -0.05) is 19.1 Å². The molecular formula is C14H22N2O. The lowest BCUT2D eigenvalue weighted by molar-refractivity contribution is 0.221. The van der Waals surface area contributed by atoms with Crippen LogP contribution in [0.2, 0.25) is 0 Å². The van der Waals surface area contributed by atoms with Gasteiger partial charge in [0.1, 0.15) is 0 Å². The molecule has 1 fully saturated rings. The standard InChI is InChI=1S/C14H22N2O/c1-3-12-4-6-14(7-5-12)16-8-11(2)15-13(9-16)10-17/h4-7,11,13,15,17H,3,8-10H2,1-2H3. The summed E-state index contributed by atoms with van der Waals surface area (Å²) in [6, 6.07) is 9.36. The van der Waals surface area contributed by atoms with E-state index >= 15 is 0 Å². The second kappa shape index (κ2) is 5.52. The lowest BCUT2D eigenvalue weighted by Crippen LogP contribution is -2.56. The molecule has 3 nitrogen and oxygen atoms in total. The fourth-order valence-corrected chi connectivity index (χ4v) is 2.44. The van der Waals surface area contributed by atoms with Crippen LogP contribution < -0.4 is 10.2 Å². The Morgan fingerprint density at radius 3 is 2.59 bits per heavy atom. The van der Waals surface area contributed by atoms with Gasteiger partial charge in [0.15, 0.2) is 0 Å². The van der Waals surface area contributed by atoms with Gasteiger partial charge in [-0.25, -0.2) is 0 Å². The first kappa shape index (κ1) is 12.4. The van der Waals surface area contributed by atoms with Crippen LogP contribution in [0.15, 0.2) is 24.3 Å². The molecule has 0 spiro atoms. The number of nitrogens with zero attached hydrogens (tertiary/aromatic N) is 1. The maximum atomic E-state index is 9.27. The third kappa shape index (κ3) is 2.99. The van der Waals surface area contributed by atoms with Crippen molar-refractivity contribution in [3.05, 3.63) is 29.8 Å². The number of hydrogen-bond acceptors (Lipinski definition) is 3. The topological polar surface area (TPSA) is 35.5 Å². The average Bonchev–Trinajstić information content (AvgIpc) is 2.38. The van der Waals surface area contributed by atoms with E-state index in [9.17, 15) is 5.11 Å². The molecule has 2 atom stereocenters. The Bertz CT molecular complexity index is 350. The van der Waals surface area contributed by atoms with E-state index in [1.54, 1.807) is 0 Å². The number of hydrogen-bond donors (Lipinski definition) is 2. The number of aliphatic hydroxyl groups excluding tert-OH is 1. The van der Waals surface area contributed by atoms with Crippen molar-refractivity contribution in [2.45, 2.75) is 32.4 Å². The van der Waals surface area contributed by atoms with Crippen molar-refractivity contribution in [2.75, 3.05) is 24.6 Å². The molecular weight excluding hydrogens is 212 g/mol. The highest BCUT2D eigenvalue weighted by Crippen LogP contribution is 2.18. The number of piperazine rings is 1. The molecule has 0 radical (unpaired) electrons. The summed E-state index contributed by atoms with van der Waals surface area (Å²) in [6.07, 6.45) is 1.08. The number of nitrogens with one attached hydrogen (secondary N) is 1. The lowest BCUT2D eigenvalue weighted by Gasteiger charge is -2.38. The van der Waals surface area contributed by atoms with Crippen molar-refractivity contribution in [3.8, 4) is 0 Å². The number of benzene rings is 1. The van der Waals surface area contributed by atoms with Crippen LogP contribution in [0.1, 0.15) is 19.4 Å². The highest BCUT2D eigenvalue weighted by Gasteiger charge is 2.23. The molecule has 0 amide bonds. The second-order valence-electron chi connectivity index (χ2n) is 4.87. The van der Waals surface area contributed by atoms with Crippen LogP contribution in [0.25, 0.3) is 0 Å². The van der Waals surface area contributed by atoms with E-state index < -0.39 is 0 Å². The summed E-state index contributed by atoms with van der Waals surface area (Å²) in [5.74, 6) is 0. The highest BCUT2D eigenvalue weighted by atomic mass is 16.3. The SMILES string of the molecule is CCc1ccc(N2CC(C)NC(CO)C2)cc1. The molecule has 1 aliphatic heterocycles. The normalized spacial score (nSPS) is 25.0. The summed E-state index contributed by atoms with van der Waals surface area (Å²) >= 11 is 0. The van der Waals surface area contributed by atoms with Crippen LogP contribution in [0, 0.1) is 0 Å². The summed E-state index contributed by atoms with van der Waals surface area (Å²) in [4.78, 5) is 2.35. The van der Waals surface area contributed by atoms with E-state index in [1.165, 1.54) is 11.3 Å². The van der Waals surface area contributed by atoms with Crippen LogP contribution in [-0.2, 0) is 6.42 Å². The summed E-state index contributed by atoms with van der Waals surface area (Å²) in [6.45, 7) is 6.42. The van der Waals surface area contributed by atoms with Crippen LogP contribution in [0.4, 0.5) is 5.69 Å². The maximum absolute atomic E-state index is 9.27. The summed E-state index contributed by atoms with van der Waals surface area (Å²) in [5, 5.41) is 12.7. The zero-order valence-electron chi connectivity index (χ0n) is 10.7. The molecule has 1 aromatic rings. The van der Waals surface area contributed by atoms with Crippen molar-refractivity contribution in [1.82, 2.24) is 5.32 Å². The minimum Gasteiger partial charge on any atom is -0.395 e. The molecule has 2 rings (SSSR count). The zero-order valence-corrected chi connectivity index (χ0v) is 10.7. The van der Waals surface area contributed by atoms with Crippen molar-refractivity contribution in [1.29, 1.82) is 0 Å². The van der Waals surface area contributed by atoms with E-state index in [0.717, 1.165) is 19.5 Å². The Morgan fingerprint density at radius 1 is 1.29 bits per heavy atom. The first-order valence-corrected chi connectivity index (χ1v) is 6.43. The van der Waals surface area contributed by atoms with Crippen LogP contribution in [0.5, 0.6) is 0 Å². The van der Waals surface area contributed by atoms with Crippen molar-refractivity contribution in [3.63, 3.8) is 0 Å². The van der Waals surface area contributed by atoms with Crippen LogP contribution in [-0.4, -0.2) is 36.9 Å². The minimum absolute atomic E-state index is 0.185. The van der Waals surface area contributed by atoms with Crippen LogP contribution in [0.3, 0.4) is 0 Å². The van der Waals surface area contributed by atoms with Gasteiger partial charge in [-0.05, 0) is 31.0 Å². The quantitative estimate of drug-likeness (QED) is 0.830. The predicted octanol–water partition coefficient (Wildman–Crippen LogP) is 1.41. The number of aliphatic hydroxyl groups is 1. The molecule has 94 valence electrons. The average molecular weight is 234 g/mol. The first-order chi connectivity index (χ1) is 8.22. The Balaban J connectivity index is 2.09. The number of rotatable bonds is 3. The molecule has 1 heterocycles. The maximum Gasteiger partial charge on any atom is 0.0602 e. The van der Waals surface area contributed by atoms with Gasteiger partial charge in [0, 0.05) is 30.9 Å². The molecule has 17 heavy (non-hydrogen) atoms. The van der Waals surface area contributed by atoms with Crippen molar-refractivity contribution >= 4 is 5.69 Å². The smallest absolute Gasteiger partial charge is 0.0602 e. The van der Waals surface area contributed by atoms with E-state index in [-0.39, 0.29) is 12.6 Å². The summed E-state index contributed by atoms with van der Waals surface area (Å²) in [7, 11) is 0. The molecule has 1 aromatic carbocycles. The summed E-state index contributed by atoms with van der Waals surface area (Å²) < 4.78 is 0. The van der Waals surface area contributed by atoms with Gasteiger partial charge >= 0.3 is 0 Å². The molecule has 0 saturated carbocycles. The Hall–Kier alpha value is -1.06. The Kier molecular flexibility index (Phi) is 4.02. The number of anilines is 1. The van der Waals surface area contributed by atoms with Gasteiger partial charge in [-0.15, -0.1) is 0 Å². The lowest BCUT2D eigenvalue weighted by atomic mass is 10.1. The fourth-order valence-electron chi connectivity index (χ4n) is 2.44. The summed E-state index contributed by atoms with van der Waals surface area (Å²) in [5.41, 5.74) is 2.63. The molecule has 1 saturated heterocycles. The monoisotopic (exact) mass is 234 g/mol. The third-order valence-electron chi connectivity index (χ3n) is 3.39. The highest BCUT2D eigenvalue weighted by molar-refractivity contribution is 5.48. The first-order valence-electron chi connectivity index (χ1n) is 6.43. The third-order valence-corrected chi connectivity index (χ3v) is 3.39. The van der Waals surface area contributed by atoms with Gasteiger partial charge in [-0.3, -0.25) is 0 Å². The molecule has 0 aromatic heterocycles. The number of aryl methyl sites for hydroxylation is 1. The largest absolute Gasteiger partial charge is 0.395 e. The van der Waals surface area contributed by atoms with Gasteiger partial charge in [0.2, 0.25) is 0 Å². The van der Waals surface area contributed by atoms with Gasteiger partial charge in [0.25, 0.3) is 0 Å². The Morgan fingerprint density at radius 2 is 2.00 bits per heavy atom. The van der Waals surface area contributed by atoms with E-state index in [4.69, 9.17) is 0 Å². The van der Waals surface area contributed by atoms with E-state index in [0.29, 0.717) is 6.04 Å². The van der Waals surface area contributed by atoms with Gasteiger partial charge in [0.05, 0.1) is 6.61 Å². The molecule has 2 N–H and O–H groups in total. The molecule has 0 bridgehead atoms. The van der Waals surface area contributed by atoms with Crippen LogP contribution >= 0.6 is 0 Å². The molecule has 2 unspecified atom stereocenters. The van der Waals surface area contributed by atoms with E-state index in [1.807, 2.05) is 0 Å². The Labute approximate surface area is 103 Å². The van der Waals surface area contributed by atoms with E-state index in [2.05, 4.69) is 48.3 Å². The predicted molar refractivity (Wildman–Crippen MR) is 71.5 cm³/mol. The second-order valence-corrected chi connectivity index (χ2v) is 4.87. The van der Waals surface area contributed by atoms with Crippen molar-refractivity contribution < 1.29 is 5.11 Å². The van der Waals surface area contributed by atoms with Gasteiger partial charge < -0.3 is 15.3 Å². The fraction of sp³-hybridized carbons (Fsp3) is 0.571. The molecule has 0 aliphatic carbocycles. The van der Waals surface area contributed by atoms with Gasteiger partial charge in [-0.2, -0.15) is 0 Å².